The molecule has 0 fully saturated rings. The molecule has 0 aromatic rings. The maximum atomic E-state index is 11.1. The van der Waals surface area contributed by atoms with Crippen molar-refractivity contribution in [2.45, 2.75) is 45.8 Å². The van der Waals surface area contributed by atoms with Gasteiger partial charge in [-0.05, 0) is 27.2 Å². The van der Waals surface area contributed by atoms with Crippen LogP contribution in [0.2, 0.25) is 0 Å². The summed E-state index contributed by atoms with van der Waals surface area (Å²) in [5.41, 5.74) is 1.29. The molecule has 0 aliphatic rings. The number of rotatable bonds is 4. The molecule has 0 saturated heterocycles. The van der Waals surface area contributed by atoms with E-state index in [9.17, 15) is 9.59 Å². The van der Waals surface area contributed by atoms with Crippen LogP contribution in [0.25, 0.3) is 0 Å². The van der Waals surface area contributed by atoms with Crippen molar-refractivity contribution < 1.29 is 24.3 Å². The van der Waals surface area contributed by atoms with E-state index in [1.54, 1.807) is 27.7 Å². The predicted octanol–water partition coefficient (Wildman–Crippen LogP) is 1.31. The van der Waals surface area contributed by atoms with Crippen molar-refractivity contribution >= 4 is 12.1 Å². The third-order valence-electron chi connectivity index (χ3n) is 1.33. The number of hydrogen-bond acceptors (Lipinski definition) is 4. The van der Waals surface area contributed by atoms with Crippen molar-refractivity contribution in [3.8, 4) is 0 Å². The summed E-state index contributed by atoms with van der Waals surface area (Å²) in [6, 6.07) is 0. The van der Waals surface area contributed by atoms with E-state index < -0.39 is 23.8 Å². The summed E-state index contributed by atoms with van der Waals surface area (Å²) in [5, 5.41) is 8.60. The minimum Gasteiger partial charge on any atom is -0.479 e. The van der Waals surface area contributed by atoms with Gasteiger partial charge in [0.2, 0.25) is 0 Å². The minimum absolute atomic E-state index is 0.255. The van der Waals surface area contributed by atoms with Crippen LogP contribution < -0.4 is 5.48 Å². The van der Waals surface area contributed by atoms with E-state index in [4.69, 9.17) is 9.84 Å². The highest BCUT2D eigenvalue weighted by atomic mass is 16.7. The Morgan fingerprint density at radius 3 is 2.27 bits per heavy atom. The molecule has 2 N–H and O–H groups in total. The average Bonchev–Trinajstić information content (AvgIpc) is 2.01. The van der Waals surface area contributed by atoms with Gasteiger partial charge in [-0.3, -0.25) is 4.84 Å². The molecule has 6 heteroatoms. The number of nitrogens with one attached hydrogen (secondary N) is 1. The SMILES string of the molecule is CCC(ONC(=O)OC(C)(C)C)C(=O)O. The zero-order valence-electron chi connectivity index (χ0n) is 9.36. The Kier molecular flexibility index (Phi) is 5.07. The van der Waals surface area contributed by atoms with E-state index in [2.05, 4.69) is 4.84 Å². The van der Waals surface area contributed by atoms with Crippen LogP contribution in [0.15, 0.2) is 0 Å². The molecular weight excluding hydrogens is 202 g/mol. The average molecular weight is 219 g/mol. The lowest BCUT2D eigenvalue weighted by Gasteiger charge is -2.20. The van der Waals surface area contributed by atoms with Crippen LogP contribution in [0.4, 0.5) is 4.79 Å². The summed E-state index contributed by atoms with van der Waals surface area (Å²) >= 11 is 0. The predicted molar refractivity (Wildman–Crippen MR) is 52.2 cm³/mol. The van der Waals surface area contributed by atoms with Gasteiger partial charge in [-0.2, -0.15) is 5.48 Å². The Hall–Kier alpha value is -1.30. The standard InChI is InChI=1S/C9H17NO5/c1-5-6(7(11)12)15-10-8(13)14-9(2,3)4/h6H,5H2,1-4H3,(H,10,13)(H,11,12). The Morgan fingerprint density at radius 1 is 1.40 bits per heavy atom. The van der Waals surface area contributed by atoms with Crippen LogP contribution >= 0.6 is 0 Å². The summed E-state index contributed by atoms with van der Waals surface area (Å²) in [4.78, 5) is 26.2. The Balaban J connectivity index is 3.94. The van der Waals surface area contributed by atoms with Crippen LogP contribution in [0.1, 0.15) is 34.1 Å². The van der Waals surface area contributed by atoms with Gasteiger partial charge in [-0.15, -0.1) is 0 Å². The van der Waals surface area contributed by atoms with Gasteiger partial charge < -0.3 is 9.84 Å². The smallest absolute Gasteiger partial charge is 0.431 e. The van der Waals surface area contributed by atoms with Crippen molar-refractivity contribution in [1.29, 1.82) is 0 Å². The maximum absolute atomic E-state index is 11.1. The monoisotopic (exact) mass is 219 g/mol. The van der Waals surface area contributed by atoms with E-state index >= 15 is 0 Å². The second-order valence-corrected chi connectivity index (χ2v) is 3.96. The van der Waals surface area contributed by atoms with Crippen molar-refractivity contribution in [1.82, 2.24) is 5.48 Å². The van der Waals surface area contributed by atoms with E-state index in [0.717, 1.165) is 0 Å². The van der Waals surface area contributed by atoms with Crippen LogP contribution in [-0.4, -0.2) is 28.9 Å². The number of ether oxygens (including phenoxy) is 1. The van der Waals surface area contributed by atoms with Gasteiger partial charge >= 0.3 is 12.1 Å². The lowest BCUT2D eigenvalue weighted by atomic mass is 10.2. The first kappa shape index (κ1) is 13.7. The van der Waals surface area contributed by atoms with Crippen LogP contribution in [0.5, 0.6) is 0 Å². The molecule has 1 amide bonds. The van der Waals surface area contributed by atoms with Crippen LogP contribution in [0, 0.1) is 0 Å². The first-order valence-electron chi connectivity index (χ1n) is 4.63. The molecule has 0 aliphatic heterocycles. The highest BCUT2D eigenvalue weighted by Crippen LogP contribution is 2.06. The Morgan fingerprint density at radius 2 is 1.93 bits per heavy atom. The fourth-order valence-corrected chi connectivity index (χ4v) is 0.727. The van der Waals surface area contributed by atoms with Gasteiger partial charge in [0.15, 0.2) is 6.10 Å². The Labute approximate surface area is 88.5 Å². The number of carboxylic acids is 1. The number of carbonyl (C=O) groups excluding carboxylic acids is 1. The van der Waals surface area contributed by atoms with Crippen LogP contribution in [-0.2, 0) is 14.4 Å². The highest BCUT2D eigenvalue weighted by Gasteiger charge is 2.20. The van der Waals surface area contributed by atoms with Gasteiger partial charge in [0.05, 0.1) is 0 Å². The number of carbonyl (C=O) groups is 2. The molecule has 0 bridgehead atoms. The number of hydroxylamine groups is 1. The molecule has 6 nitrogen and oxygen atoms in total. The van der Waals surface area contributed by atoms with Gasteiger partial charge in [0.1, 0.15) is 5.60 Å². The zero-order chi connectivity index (χ0) is 12.1. The minimum atomic E-state index is -1.13. The molecule has 0 rings (SSSR count). The third kappa shape index (κ3) is 6.73. The molecule has 1 atom stereocenters. The van der Waals surface area contributed by atoms with Gasteiger partial charge in [-0.25, -0.2) is 9.59 Å². The van der Waals surface area contributed by atoms with Gasteiger partial charge in [-0.1, -0.05) is 6.92 Å². The summed E-state index contributed by atoms with van der Waals surface area (Å²) in [7, 11) is 0. The third-order valence-corrected chi connectivity index (χ3v) is 1.33. The normalized spacial score (nSPS) is 13.1. The van der Waals surface area contributed by atoms with Crippen molar-refractivity contribution in [3.05, 3.63) is 0 Å². The maximum Gasteiger partial charge on any atom is 0.431 e. The summed E-state index contributed by atoms with van der Waals surface area (Å²) < 4.78 is 4.84. The van der Waals surface area contributed by atoms with E-state index in [-0.39, 0.29) is 6.42 Å². The largest absolute Gasteiger partial charge is 0.479 e. The summed E-state index contributed by atoms with van der Waals surface area (Å²) in [6.07, 6.45) is -1.61. The zero-order valence-corrected chi connectivity index (χ0v) is 9.36. The number of carboxylic acid groups (broad SMARTS) is 1. The molecule has 0 aromatic carbocycles. The van der Waals surface area contributed by atoms with Crippen molar-refractivity contribution in [2.24, 2.45) is 0 Å². The number of amides is 1. The molecule has 15 heavy (non-hydrogen) atoms. The van der Waals surface area contributed by atoms with Gasteiger partial charge in [0.25, 0.3) is 0 Å². The highest BCUT2D eigenvalue weighted by molar-refractivity contribution is 5.72. The van der Waals surface area contributed by atoms with Gasteiger partial charge in [0, 0.05) is 0 Å². The molecule has 0 heterocycles. The molecule has 0 saturated carbocycles. The molecule has 0 aromatic heterocycles. The number of aliphatic carboxylic acids is 1. The summed E-state index contributed by atoms with van der Waals surface area (Å²) in [5.74, 6) is -1.13. The second-order valence-electron chi connectivity index (χ2n) is 3.96. The topological polar surface area (TPSA) is 84.9 Å². The lowest BCUT2D eigenvalue weighted by molar-refractivity contribution is -0.155. The molecule has 1 unspecified atom stereocenters. The van der Waals surface area contributed by atoms with Crippen molar-refractivity contribution in [2.75, 3.05) is 0 Å². The fourth-order valence-electron chi connectivity index (χ4n) is 0.727. The van der Waals surface area contributed by atoms with Crippen molar-refractivity contribution in [3.63, 3.8) is 0 Å². The Bertz CT molecular complexity index is 233. The van der Waals surface area contributed by atoms with Crippen LogP contribution in [0.3, 0.4) is 0 Å². The molecule has 88 valence electrons. The van der Waals surface area contributed by atoms with E-state index in [1.165, 1.54) is 0 Å². The molecule has 0 spiro atoms. The number of hydrogen-bond donors (Lipinski definition) is 2. The lowest BCUT2D eigenvalue weighted by Crippen LogP contribution is -2.37. The summed E-state index contributed by atoms with van der Waals surface area (Å²) in [6.45, 7) is 6.72. The fraction of sp³-hybridized carbons (Fsp3) is 0.778. The molecule has 0 radical (unpaired) electrons. The quantitative estimate of drug-likeness (QED) is 0.696. The second kappa shape index (κ2) is 5.55. The van der Waals surface area contributed by atoms with E-state index in [1.807, 2.05) is 5.48 Å². The molecule has 0 aliphatic carbocycles. The first-order valence-corrected chi connectivity index (χ1v) is 4.63. The first-order chi connectivity index (χ1) is 6.76. The molecular formula is C9H17NO5. The van der Waals surface area contributed by atoms with E-state index in [0.29, 0.717) is 0 Å².